The van der Waals surface area contributed by atoms with Crippen LogP contribution in [-0.2, 0) is 6.54 Å². The molecule has 0 saturated heterocycles. The first-order chi connectivity index (χ1) is 9.04. The van der Waals surface area contributed by atoms with Crippen LogP contribution < -0.4 is 10.2 Å². The number of rotatable bonds is 8. The van der Waals surface area contributed by atoms with E-state index in [1.807, 2.05) is 30.1 Å². The van der Waals surface area contributed by atoms with Crippen molar-refractivity contribution in [1.29, 1.82) is 0 Å². The second-order valence-corrected chi connectivity index (χ2v) is 7.03. The molecule has 1 N–H and O–H groups in total. The summed E-state index contributed by atoms with van der Waals surface area (Å²) < 4.78 is 0. The van der Waals surface area contributed by atoms with Gasteiger partial charge in [0.15, 0.2) is 5.13 Å². The number of hydrogen-bond donors (Lipinski definition) is 1. The van der Waals surface area contributed by atoms with Crippen LogP contribution in [0.15, 0.2) is 0 Å². The number of thioether (sulfide) groups is 1. The van der Waals surface area contributed by atoms with E-state index in [1.54, 1.807) is 0 Å². The Bertz CT molecular complexity index is 379. The Morgan fingerprint density at radius 3 is 2.63 bits per heavy atom. The van der Waals surface area contributed by atoms with Gasteiger partial charge in [-0.25, -0.2) is 4.98 Å². The first kappa shape index (κ1) is 16.8. The van der Waals surface area contributed by atoms with Crippen LogP contribution in [0.25, 0.3) is 0 Å². The van der Waals surface area contributed by atoms with Crippen molar-refractivity contribution in [3.8, 4) is 0 Å². The maximum Gasteiger partial charge on any atom is 0.185 e. The van der Waals surface area contributed by atoms with Gasteiger partial charge in [-0.3, -0.25) is 0 Å². The molecule has 1 rings (SSSR count). The Hall–Kier alpha value is -0.260. The summed E-state index contributed by atoms with van der Waals surface area (Å²) in [5.74, 6) is 1.67. The largest absolute Gasteiger partial charge is 0.348 e. The molecule has 1 aromatic heterocycles. The Labute approximate surface area is 126 Å². The van der Waals surface area contributed by atoms with Crippen molar-refractivity contribution in [2.24, 2.45) is 0 Å². The molecule has 0 bridgehead atoms. The van der Waals surface area contributed by atoms with Crippen molar-refractivity contribution < 1.29 is 0 Å². The Morgan fingerprint density at radius 2 is 2.11 bits per heavy atom. The summed E-state index contributed by atoms with van der Waals surface area (Å²) in [7, 11) is 4.16. The molecule has 2 unspecified atom stereocenters. The van der Waals surface area contributed by atoms with Crippen LogP contribution in [0.1, 0.15) is 43.7 Å². The molecule has 19 heavy (non-hydrogen) atoms. The fourth-order valence-electron chi connectivity index (χ4n) is 1.91. The second-order valence-electron chi connectivity index (χ2n) is 5.06. The average molecular weight is 302 g/mol. The highest BCUT2D eigenvalue weighted by molar-refractivity contribution is 7.98. The van der Waals surface area contributed by atoms with Crippen LogP contribution >= 0.6 is 23.1 Å². The van der Waals surface area contributed by atoms with Gasteiger partial charge in [0.1, 0.15) is 0 Å². The van der Waals surface area contributed by atoms with Gasteiger partial charge in [0.25, 0.3) is 0 Å². The number of aromatic nitrogens is 1. The predicted octanol–water partition coefficient (Wildman–Crippen LogP) is 3.56. The van der Waals surface area contributed by atoms with Crippen molar-refractivity contribution in [2.75, 3.05) is 31.0 Å². The predicted molar refractivity (Wildman–Crippen MR) is 89.8 cm³/mol. The lowest BCUT2D eigenvalue weighted by Gasteiger charge is -2.23. The zero-order chi connectivity index (χ0) is 14.4. The fourth-order valence-corrected chi connectivity index (χ4v) is 3.87. The summed E-state index contributed by atoms with van der Waals surface area (Å²) in [5, 5.41) is 4.41. The quantitative estimate of drug-likeness (QED) is 0.794. The minimum Gasteiger partial charge on any atom is -0.348 e. The SMILES string of the molecule is CCC(C)c1nc(N(C)C(C)CSC)sc1CNC. The van der Waals surface area contributed by atoms with E-state index in [0.717, 1.165) is 23.8 Å². The summed E-state index contributed by atoms with van der Waals surface area (Å²) in [4.78, 5) is 8.59. The maximum absolute atomic E-state index is 4.90. The molecule has 0 spiro atoms. The number of hydrogen-bond acceptors (Lipinski definition) is 5. The van der Waals surface area contributed by atoms with Crippen molar-refractivity contribution in [3.63, 3.8) is 0 Å². The standard InChI is InChI=1S/C14H27N3S2/c1-7-10(2)13-12(8-15-4)19-14(16-13)17(5)11(3)9-18-6/h10-11,15H,7-9H2,1-6H3. The normalized spacial score (nSPS) is 14.4. The topological polar surface area (TPSA) is 28.2 Å². The van der Waals surface area contributed by atoms with Gasteiger partial charge < -0.3 is 10.2 Å². The zero-order valence-electron chi connectivity index (χ0n) is 13.0. The molecule has 0 aliphatic rings. The van der Waals surface area contributed by atoms with Crippen LogP contribution in [0.4, 0.5) is 5.13 Å². The van der Waals surface area contributed by atoms with Crippen LogP contribution in [0.3, 0.4) is 0 Å². The molecule has 0 aromatic carbocycles. The van der Waals surface area contributed by atoms with Crippen molar-refractivity contribution >= 4 is 28.2 Å². The smallest absolute Gasteiger partial charge is 0.185 e. The lowest BCUT2D eigenvalue weighted by Crippen LogP contribution is -2.30. The van der Waals surface area contributed by atoms with Crippen molar-refractivity contribution in [1.82, 2.24) is 10.3 Å². The van der Waals surface area contributed by atoms with Gasteiger partial charge in [-0.05, 0) is 32.6 Å². The summed E-state index contributed by atoms with van der Waals surface area (Å²) in [6.45, 7) is 7.68. The van der Waals surface area contributed by atoms with E-state index >= 15 is 0 Å². The Kier molecular flexibility index (Phi) is 7.18. The maximum atomic E-state index is 4.90. The van der Waals surface area contributed by atoms with Crippen LogP contribution in [0, 0.1) is 0 Å². The van der Waals surface area contributed by atoms with Gasteiger partial charge >= 0.3 is 0 Å². The summed E-state index contributed by atoms with van der Waals surface area (Å²) >= 11 is 3.72. The van der Waals surface area contributed by atoms with E-state index in [2.05, 4.69) is 44.3 Å². The Morgan fingerprint density at radius 1 is 1.42 bits per heavy atom. The zero-order valence-corrected chi connectivity index (χ0v) is 14.6. The van der Waals surface area contributed by atoms with Crippen molar-refractivity contribution in [2.45, 2.75) is 45.7 Å². The third kappa shape index (κ3) is 4.36. The molecule has 110 valence electrons. The van der Waals surface area contributed by atoms with E-state index < -0.39 is 0 Å². The molecular weight excluding hydrogens is 274 g/mol. The molecule has 3 nitrogen and oxygen atoms in total. The molecule has 0 amide bonds. The number of anilines is 1. The van der Waals surface area contributed by atoms with E-state index in [1.165, 1.54) is 10.6 Å². The first-order valence-electron chi connectivity index (χ1n) is 6.91. The molecule has 2 atom stereocenters. The summed E-state index contributed by atoms with van der Waals surface area (Å²) in [6.07, 6.45) is 3.30. The summed E-state index contributed by atoms with van der Waals surface area (Å²) in [5.41, 5.74) is 1.28. The van der Waals surface area contributed by atoms with E-state index in [0.29, 0.717) is 12.0 Å². The molecule has 1 aromatic rings. The van der Waals surface area contributed by atoms with Gasteiger partial charge in [0.2, 0.25) is 0 Å². The lowest BCUT2D eigenvalue weighted by molar-refractivity contribution is 0.688. The second kappa shape index (κ2) is 8.12. The van der Waals surface area contributed by atoms with Gasteiger partial charge in [0.05, 0.1) is 5.69 Å². The van der Waals surface area contributed by atoms with Gasteiger partial charge in [-0.1, -0.05) is 13.8 Å². The number of nitrogens with one attached hydrogen (secondary N) is 1. The third-order valence-corrected chi connectivity index (χ3v) is 5.48. The van der Waals surface area contributed by atoms with Crippen molar-refractivity contribution in [3.05, 3.63) is 10.6 Å². The minimum atomic E-state index is 0.522. The van der Waals surface area contributed by atoms with Crippen LogP contribution in [0.5, 0.6) is 0 Å². The average Bonchev–Trinajstić information content (AvgIpc) is 2.81. The van der Waals surface area contributed by atoms with Gasteiger partial charge in [-0.15, -0.1) is 11.3 Å². The molecule has 0 aliphatic heterocycles. The highest BCUT2D eigenvalue weighted by atomic mass is 32.2. The molecular formula is C14H27N3S2. The molecule has 0 fully saturated rings. The molecule has 0 saturated carbocycles. The minimum absolute atomic E-state index is 0.522. The lowest BCUT2D eigenvalue weighted by atomic mass is 10.0. The van der Waals surface area contributed by atoms with Crippen LogP contribution in [0.2, 0.25) is 0 Å². The first-order valence-corrected chi connectivity index (χ1v) is 9.12. The Balaban J connectivity index is 2.96. The van der Waals surface area contributed by atoms with E-state index in [9.17, 15) is 0 Å². The third-order valence-electron chi connectivity index (χ3n) is 3.50. The number of nitrogens with zero attached hydrogens (tertiary/aromatic N) is 2. The molecule has 0 aliphatic carbocycles. The highest BCUT2D eigenvalue weighted by Crippen LogP contribution is 2.32. The van der Waals surface area contributed by atoms with E-state index in [4.69, 9.17) is 4.98 Å². The van der Waals surface area contributed by atoms with Gasteiger partial charge in [0, 0.05) is 30.3 Å². The molecule has 1 heterocycles. The highest BCUT2D eigenvalue weighted by Gasteiger charge is 2.19. The fraction of sp³-hybridized carbons (Fsp3) is 0.786. The molecule has 5 heteroatoms. The van der Waals surface area contributed by atoms with Gasteiger partial charge in [-0.2, -0.15) is 11.8 Å². The summed E-state index contributed by atoms with van der Waals surface area (Å²) in [6, 6.07) is 0.522. The number of thiazole rings is 1. The molecule has 0 radical (unpaired) electrons. The monoisotopic (exact) mass is 301 g/mol. The van der Waals surface area contributed by atoms with Crippen LogP contribution in [-0.4, -0.2) is 37.1 Å². The van der Waals surface area contributed by atoms with E-state index in [-0.39, 0.29) is 0 Å².